The maximum absolute atomic E-state index is 13.1. The molecule has 16 unspecified atom stereocenters. The Balaban J connectivity index is 1.89. The van der Waals surface area contributed by atoms with Crippen molar-refractivity contribution >= 4 is 31.4 Å². The number of Topliss-reactive ketones (excluding diaryl/α,β-unsaturated/α-hetero) is 1. The van der Waals surface area contributed by atoms with Crippen molar-refractivity contribution < 1.29 is 99.1 Å². The van der Waals surface area contributed by atoms with Crippen LogP contribution in [0.3, 0.4) is 0 Å². The number of carboxylic acids is 1. The summed E-state index contributed by atoms with van der Waals surface area (Å²) in [6.45, 7) is 6.54. The van der Waals surface area contributed by atoms with Gasteiger partial charge in [-0.2, -0.15) is 4.89 Å². The minimum Gasteiger partial charge on any atom is -0.481 e. The molecule has 1 aromatic carbocycles. The van der Waals surface area contributed by atoms with Gasteiger partial charge in [-0.25, -0.2) is 0 Å². The Morgan fingerprint density at radius 1 is 0.667 bits per heavy atom. The van der Waals surface area contributed by atoms with Gasteiger partial charge in [-0.15, -0.1) is 0 Å². The molecule has 0 aromatic heterocycles. The fraction of sp³-hybridized carbons (Fsp3) is 0.574. The molecule has 3 rings (SSSR count). The van der Waals surface area contributed by atoms with E-state index in [1.54, 1.807) is 93.7 Å². The van der Waals surface area contributed by atoms with Gasteiger partial charge in [-0.1, -0.05) is 98.9 Å². The summed E-state index contributed by atoms with van der Waals surface area (Å²) in [5.74, 6) is -7.71. The second-order valence-electron chi connectivity index (χ2n) is 19.7. The van der Waals surface area contributed by atoms with E-state index in [0.29, 0.717) is 0 Å². The number of allylic oxidation sites excluding steroid dienone is 12. The summed E-state index contributed by atoms with van der Waals surface area (Å²) < 4.78 is 29.9. The Bertz CT molecular complexity index is 2270. The third-order valence-corrected chi connectivity index (χ3v) is 14.3. The van der Waals surface area contributed by atoms with E-state index in [4.69, 9.17) is 14.2 Å². The zero-order valence-corrected chi connectivity index (χ0v) is 44.8. The van der Waals surface area contributed by atoms with Crippen LogP contribution in [0.1, 0.15) is 90.4 Å². The molecular weight excluding hydrogens is 1040 g/mol. The van der Waals surface area contributed by atoms with Gasteiger partial charge in [0, 0.05) is 55.2 Å². The Morgan fingerprint density at radius 2 is 1.22 bits per heavy atom. The van der Waals surface area contributed by atoms with Crippen molar-refractivity contribution in [3.05, 3.63) is 125 Å². The largest absolute Gasteiger partial charge is 0.529 e. The second kappa shape index (κ2) is 34.2. The van der Waals surface area contributed by atoms with Crippen molar-refractivity contribution in [2.75, 3.05) is 0 Å². The number of nitrogens with one attached hydrogen (secondary N) is 1. The van der Waals surface area contributed by atoms with E-state index in [-0.39, 0.29) is 36.4 Å². The first-order valence-corrected chi connectivity index (χ1v) is 27.0. The molecule has 1 fully saturated rings. The van der Waals surface area contributed by atoms with Crippen LogP contribution in [0.5, 0.6) is 0 Å². The van der Waals surface area contributed by atoms with Crippen LogP contribution in [-0.2, 0) is 33.2 Å². The van der Waals surface area contributed by atoms with Crippen LogP contribution in [0.4, 0.5) is 5.69 Å². The minimum absolute atomic E-state index is 0.101. The molecule has 23 nitrogen and oxygen atoms in total. The average molecular weight is 1120 g/mol. The molecule has 24 heteroatoms. The molecule has 0 radical (unpaired) electrons. The quantitative estimate of drug-likeness (QED) is 0.0770. The smallest absolute Gasteiger partial charge is 0.481 e. The molecule has 1 aromatic rings. The van der Waals surface area contributed by atoms with Crippen LogP contribution in [0.25, 0.3) is 0 Å². The molecule has 0 bridgehead atoms. The number of hydrogen-bond donors (Lipinski definition) is 13. The van der Waals surface area contributed by atoms with Gasteiger partial charge in [-0.05, 0) is 49.8 Å². The van der Waals surface area contributed by atoms with Crippen molar-refractivity contribution in [3.63, 3.8) is 0 Å². The molecule has 2 aliphatic rings. The van der Waals surface area contributed by atoms with E-state index in [2.05, 4.69) is 5.32 Å². The highest BCUT2D eigenvalue weighted by atomic mass is 31.1. The van der Waals surface area contributed by atoms with Gasteiger partial charge in [0.05, 0.1) is 84.5 Å². The van der Waals surface area contributed by atoms with Crippen LogP contribution in [0.2, 0.25) is 0 Å². The molecule has 78 heavy (non-hydrogen) atoms. The molecule has 434 valence electrons. The Kier molecular flexibility index (Phi) is 29.5. The summed E-state index contributed by atoms with van der Waals surface area (Å²) >= 11 is 0. The Hall–Kier alpha value is -5.05. The first-order chi connectivity index (χ1) is 36.8. The predicted molar refractivity (Wildman–Crippen MR) is 283 cm³/mol. The van der Waals surface area contributed by atoms with E-state index < -0.39 is 172 Å². The number of nitrogens with zero attached hydrogens (tertiary/aromatic N) is 1. The lowest BCUT2D eigenvalue weighted by Gasteiger charge is -2.43. The molecule has 1 saturated heterocycles. The average Bonchev–Trinajstić information content (AvgIpc) is 3.35. The number of aliphatic hydroxyl groups excluding tert-OH is 10. The number of esters is 1. The molecule has 2 heterocycles. The summed E-state index contributed by atoms with van der Waals surface area (Å²) in [7, 11) is -3.13. The van der Waals surface area contributed by atoms with Crippen molar-refractivity contribution in [2.24, 2.45) is 17.8 Å². The van der Waals surface area contributed by atoms with Crippen molar-refractivity contribution in [2.45, 2.75) is 177 Å². The number of nitro groups is 1. The summed E-state index contributed by atoms with van der Waals surface area (Å²) in [4.78, 5) is 59.1. The molecule has 13 N–H and O–H groups in total. The minimum atomic E-state index is -3.13. The lowest BCUT2D eigenvalue weighted by Crippen LogP contribution is -2.63. The van der Waals surface area contributed by atoms with Gasteiger partial charge in [0.2, 0.25) is 0 Å². The first-order valence-electron chi connectivity index (χ1n) is 25.7. The molecule has 20 atom stereocenters. The Labute approximate surface area is 453 Å². The number of carbonyl (C=O) groups is 3. The van der Waals surface area contributed by atoms with Gasteiger partial charge in [0.25, 0.3) is 11.5 Å². The number of aliphatic carboxylic acids is 1. The number of cyclic esters (lactones) is 1. The van der Waals surface area contributed by atoms with E-state index in [9.17, 15) is 90.1 Å². The first kappa shape index (κ1) is 67.2. The van der Waals surface area contributed by atoms with Crippen molar-refractivity contribution in [1.82, 2.24) is 5.32 Å². The predicted octanol–water partition coefficient (Wildman–Crippen LogP) is 2.53. The summed E-state index contributed by atoms with van der Waals surface area (Å²) in [6.07, 6.45) is -1.00. The van der Waals surface area contributed by atoms with E-state index >= 15 is 0 Å². The lowest BCUT2D eigenvalue weighted by molar-refractivity contribution is -0.384. The fourth-order valence-electron chi connectivity index (χ4n) is 8.71. The number of aliphatic hydroxyl groups is 10. The van der Waals surface area contributed by atoms with E-state index in [1.165, 1.54) is 31.2 Å². The van der Waals surface area contributed by atoms with Crippen LogP contribution in [0.15, 0.2) is 109 Å². The molecule has 0 saturated carbocycles. The number of nitro benzene ring substituents is 1. The number of hydrogen-bond acceptors (Lipinski definition) is 20. The lowest BCUT2D eigenvalue weighted by atomic mass is 9.88. The standard InChI is InChI=1S/C54H77N2O21P/c1-31-17-15-13-11-9-7-5-6-8-10-12-14-16-18-41(77-54-51(68)48(50(67)34(4)76-54)55-52(78(73)74)35-19-21-36(22-20-35)56(71)72)30-45(64)47(53(69)70)44(63)28-39(59)26-38(58)27-43(62)42(61)24-23-37(57)25-40(60)29-46(65)75-33(3)32(2)49(31)66/h5-22,31-34,37-38,40-45,47-52,54-55,57-58,60-64,66-68H,23-30H2,1-4H3,(H-,69,70,73,74)/p+1/b6-5+,9-7+,10-8+,13-11+,14-12+,17-15+,18-16+/t31?,32?,33?,34-,37?,38?,40?,41?,42?,43?,44?,45?,47?,48+,49?,50-,51+,52?,54?/m1/s1. The van der Waals surface area contributed by atoms with Gasteiger partial charge < -0.3 is 70.4 Å². The molecule has 0 amide bonds. The van der Waals surface area contributed by atoms with Gasteiger partial charge in [0.15, 0.2) is 6.29 Å². The number of carbonyl (C=O) groups excluding carboxylic acids is 2. The third-order valence-electron chi connectivity index (χ3n) is 13.4. The van der Waals surface area contributed by atoms with Crippen LogP contribution >= 0.6 is 8.03 Å². The number of carboxylic acid groups (broad SMARTS) is 1. The maximum atomic E-state index is 13.1. The van der Waals surface area contributed by atoms with E-state index in [0.717, 1.165) is 12.1 Å². The highest BCUT2D eigenvalue weighted by molar-refractivity contribution is 7.38. The normalized spacial score (nSPS) is 38.1. The number of ether oxygens (including phenoxy) is 3. The zero-order chi connectivity index (χ0) is 58.2. The molecule has 2 aliphatic heterocycles. The molecule has 0 aliphatic carbocycles. The monoisotopic (exact) mass is 1120 g/mol. The van der Waals surface area contributed by atoms with Crippen LogP contribution in [0, 0.1) is 27.9 Å². The van der Waals surface area contributed by atoms with Gasteiger partial charge in [-0.3, -0.25) is 29.8 Å². The Morgan fingerprint density at radius 3 is 1.77 bits per heavy atom. The number of non-ortho nitro benzene ring substituents is 1. The van der Waals surface area contributed by atoms with Crippen LogP contribution < -0.4 is 5.32 Å². The molecule has 0 spiro atoms. The number of ketones is 1. The van der Waals surface area contributed by atoms with E-state index in [1.807, 2.05) is 0 Å². The topological polar surface area (TPSA) is 394 Å². The molecular formula is C54H78N2O21P+. The summed E-state index contributed by atoms with van der Waals surface area (Å²) in [6, 6.07) is 3.20. The summed E-state index contributed by atoms with van der Waals surface area (Å²) in [5, 5.41) is 133. The number of benzene rings is 1. The highest BCUT2D eigenvalue weighted by Gasteiger charge is 2.48. The maximum Gasteiger partial charge on any atom is 0.529 e. The van der Waals surface area contributed by atoms with Crippen molar-refractivity contribution in [3.8, 4) is 0 Å². The zero-order valence-electron chi connectivity index (χ0n) is 44.0. The SMILES string of the molecule is CC1/C=C/C=C/C=C/C=C/C=C/C=C/C=C/C(OC2O[C@H](C)[C@@H](O)[C@H](NC(c3ccc([N+](=O)[O-])cc3)[P+](=O)O)[C@@H]2O)CC(O)C(C(=O)O)C(O)CC(=O)CC(O)CC(O)C(O)CCC(O)CC(O)CC(=O)OC(C)C(C)C1O. The van der Waals surface area contributed by atoms with Gasteiger partial charge >= 0.3 is 20.0 Å². The fourth-order valence-corrected chi connectivity index (χ4v) is 9.43. The van der Waals surface area contributed by atoms with Crippen molar-refractivity contribution in [1.29, 1.82) is 0 Å². The van der Waals surface area contributed by atoms with Gasteiger partial charge in [0.1, 0.15) is 23.9 Å². The van der Waals surface area contributed by atoms with Crippen LogP contribution in [-0.4, -0.2) is 175 Å². The number of rotatable bonds is 8. The second-order valence-corrected chi connectivity index (χ2v) is 20.9. The third kappa shape index (κ3) is 23.0. The highest BCUT2D eigenvalue weighted by Crippen LogP contribution is 2.38. The summed E-state index contributed by atoms with van der Waals surface area (Å²) in [5.41, 5.74) is -0.201.